The Hall–Kier alpha value is -1.87. The van der Waals surface area contributed by atoms with Crippen LogP contribution >= 0.6 is 11.3 Å². The van der Waals surface area contributed by atoms with E-state index in [2.05, 4.69) is 22.8 Å². The van der Waals surface area contributed by atoms with Crippen molar-refractivity contribution < 1.29 is 4.39 Å². The van der Waals surface area contributed by atoms with Gasteiger partial charge in [-0.15, -0.1) is 11.3 Å². The van der Waals surface area contributed by atoms with Gasteiger partial charge in [0.25, 0.3) is 0 Å². The van der Waals surface area contributed by atoms with Crippen LogP contribution in [0.3, 0.4) is 0 Å². The SMILES string of the molecule is Fc1ccc(Nc2cccc3sccc23)cc1. The number of nitrogens with one attached hydrogen (secondary N) is 1. The molecule has 84 valence electrons. The highest BCUT2D eigenvalue weighted by Crippen LogP contribution is 2.29. The van der Waals surface area contributed by atoms with Crippen molar-refractivity contribution in [3.05, 3.63) is 59.7 Å². The Morgan fingerprint density at radius 2 is 1.76 bits per heavy atom. The molecule has 1 heterocycles. The van der Waals surface area contributed by atoms with E-state index < -0.39 is 0 Å². The summed E-state index contributed by atoms with van der Waals surface area (Å²) in [6.07, 6.45) is 0. The minimum absolute atomic E-state index is 0.218. The maximum atomic E-state index is 12.8. The number of rotatable bonds is 2. The molecule has 0 atom stereocenters. The van der Waals surface area contributed by atoms with Crippen LogP contribution in [-0.2, 0) is 0 Å². The molecule has 3 rings (SSSR count). The van der Waals surface area contributed by atoms with E-state index in [0.29, 0.717) is 0 Å². The Morgan fingerprint density at radius 3 is 2.59 bits per heavy atom. The van der Waals surface area contributed by atoms with E-state index in [0.717, 1.165) is 11.4 Å². The second-order valence-corrected chi connectivity index (χ2v) is 4.72. The number of hydrogen-bond acceptors (Lipinski definition) is 2. The molecule has 0 radical (unpaired) electrons. The van der Waals surface area contributed by atoms with Gasteiger partial charge in [-0.05, 0) is 47.8 Å². The summed E-state index contributed by atoms with van der Waals surface area (Å²) in [6.45, 7) is 0. The predicted molar refractivity (Wildman–Crippen MR) is 71.5 cm³/mol. The summed E-state index contributed by atoms with van der Waals surface area (Å²) in [5.74, 6) is -0.218. The van der Waals surface area contributed by atoms with Gasteiger partial charge in [-0.1, -0.05) is 6.07 Å². The number of anilines is 2. The summed E-state index contributed by atoms with van der Waals surface area (Å²) < 4.78 is 14.1. The van der Waals surface area contributed by atoms with Gasteiger partial charge in [0.1, 0.15) is 5.82 Å². The van der Waals surface area contributed by atoms with Crippen molar-refractivity contribution in [2.45, 2.75) is 0 Å². The van der Waals surface area contributed by atoms with Gasteiger partial charge < -0.3 is 5.32 Å². The molecule has 0 fully saturated rings. The average molecular weight is 243 g/mol. The van der Waals surface area contributed by atoms with E-state index in [4.69, 9.17) is 0 Å². The third-order valence-electron chi connectivity index (χ3n) is 2.62. The van der Waals surface area contributed by atoms with Crippen molar-refractivity contribution in [1.82, 2.24) is 0 Å². The van der Waals surface area contributed by atoms with Gasteiger partial charge >= 0.3 is 0 Å². The fraction of sp³-hybridized carbons (Fsp3) is 0. The lowest BCUT2D eigenvalue weighted by Crippen LogP contribution is -1.90. The second-order valence-electron chi connectivity index (χ2n) is 3.77. The Labute approximate surface area is 103 Å². The fourth-order valence-corrected chi connectivity index (χ4v) is 2.60. The standard InChI is InChI=1S/C14H10FNS/c15-10-4-6-11(7-5-10)16-13-2-1-3-14-12(13)8-9-17-14/h1-9,16H. The van der Waals surface area contributed by atoms with Crippen LogP contribution in [0.15, 0.2) is 53.9 Å². The van der Waals surface area contributed by atoms with Crippen LogP contribution in [0.1, 0.15) is 0 Å². The third-order valence-corrected chi connectivity index (χ3v) is 3.50. The van der Waals surface area contributed by atoms with Crippen LogP contribution in [0.4, 0.5) is 15.8 Å². The molecule has 0 spiro atoms. The van der Waals surface area contributed by atoms with Crippen molar-refractivity contribution in [3.63, 3.8) is 0 Å². The van der Waals surface area contributed by atoms with Crippen molar-refractivity contribution in [1.29, 1.82) is 0 Å². The van der Waals surface area contributed by atoms with E-state index in [1.165, 1.54) is 22.2 Å². The molecule has 1 N–H and O–H groups in total. The van der Waals surface area contributed by atoms with E-state index in [1.807, 2.05) is 12.1 Å². The minimum Gasteiger partial charge on any atom is -0.355 e. The lowest BCUT2D eigenvalue weighted by Gasteiger charge is -2.07. The summed E-state index contributed by atoms with van der Waals surface area (Å²) in [5.41, 5.74) is 1.94. The fourth-order valence-electron chi connectivity index (χ4n) is 1.79. The van der Waals surface area contributed by atoms with Gasteiger partial charge in [-0.25, -0.2) is 4.39 Å². The molecule has 1 nitrogen and oxygen atoms in total. The number of benzene rings is 2. The third kappa shape index (κ3) is 2.01. The Balaban J connectivity index is 1.99. The van der Waals surface area contributed by atoms with Gasteiger partial charge in [0.2, 0.25) is 0 Å². The molecule has 3 aromatic rings. The molecule has 2 aromatic carbocycles. The molecule has 0 saturated heterocycles. The number of hydrogen-bond donors (Lipinski definition) is 1. The van der Waals surface area contributed by atoms with E-state index in [9.17, 15) is 4.39 Å². The van der Waals surface area contributed by atoms with Crippen molar-refractivity contribution in [2.75, 3.05) is 5.32 Å². The highest BCUT2D eigenvalue weighted by molar-refractivity contribution is 7.17. The zero-order valence-corrected chi connectivity index (χ0v) is 9.80. The lowest BCUT2D eigenvalue weighted by atomic mass is 10.2. The topological polar surface area (TPSA) is 12.0 Å². The maximum absolute atomic E-state index is 12.8. The van der Waals surface area contributed by atoms with Crippen LogP contribution in [0.25, 0.3) is 10.1 Å². The zero-order chi connectivity index (χ0) is 11.7. The smallest absolute Gasteiger partial charge is 0.123 e. The first-order chi connectivity index (χ1) is 8.33. The second kappa shape index (κ2) is 4.18. The molecule has 3 heteroatoms. The average Bonchev–Trinajstić information content (AvgIpc) is 2.81. The largest absolute Gasteiger partial charge is 0.355 e. The van der Waals surface area contributed by atoms with Gasteiger partial charge in [-0.2, -0.15) is 0 Å². The zero-order valence-electron chi connectivity index (χ0n) is 8.98. The quantitative estimate of drug-likeness (QED) is 0.682. The van der Waals surface area contributed by atoms with Crippen molar-refractivity contribution in [2.24, 2.45) is 0 Å². The summed E-state index contributed by atoms with van der Waals surface area (Å²) in [7, 11) is 0. The summed E-state index contributed by atoms with van der Waals surface area (Å²) >= 11 is 1.71. The van der Waals surface area contributed by atoms with Crippen LogP contribution in [0.5, 0.6) is 0 Å². The van der Waals surface area contributed by atoms with E-state index >= 15 is 0 Å². The van der Waals surface area contributed by atoms with Gasteiger partial charge in [0.05, 0.1) is 0 Å². The molecule has 17 heavy (non-hydrogen) atoms. The number of fused-ring (bicyclic) bond motifs is 1. The number of halogens is 1. The maximum Gasteiger partial charge on any atom is 0.123 e. The van der Waals surface area contributed by atoms with Crippen molar-refractivity contribution >= 4 is 32.8 Å². The van der Waals surface area contributed by atoms with Crippen LogP contribution in [-0.4, -0.2) is 0 Å². The molecule has 1 aromatic heterocycles. The minimum atomic E-state index is -0.218. The van der Waals surface area contributed by atoms with E-state index in [1.54, 1.807) is 23.5 Å². The van der Waals surface area contributed by atoms with Crippen LogP contribution in [0.2, 0.25) is 0 Å². The molecule has 0 aliphatic heterocycles. The molecular weight excluding hydrogens is 233 g/mol. The Morgan fingerprint density at radius 1 is 0.941 bits per heavy atom. The Bertz CT molecular complexity index is 643. The molecule has 0 bridgehead atoms. The number of thiophene rings is 1. The summed E-state index contributed by atoms with van der Waals surface area (Å²) in [5, 5.41) is 6.57. The molecule has 0 aliphatic rings. The van der Waals surface area contributed by atoms with Crippen LogP contribution < -0.4 is 5.32 Å². The van der Waals surface area contributed by atoms with Crippen molar-refractivity contribution in [3.8, 4) is 0 Å². The first-order valence-corrected chi connectivity index (χ1v) is 6.20. The Kier molecular flexibility index (Phi) is 2.53. The first-order valence-electron chi connectivity index (χ1n) is 5.32. The molecule has 0 aliphatic carbocycles. The van der Waals surface area contributed by atoms with E-state index in [-0.39, 0.29) is 5.82 Å². The van der Waals surface area contributed by atoms with Gasteiger partial charge in [0.15, 0.2) is 0 Å². The summed E-state index contributed by atoms with van der Waals surface area (Å²) in [6, 6.07) is 14.6. The van der Waals surface area contributed by atoms with Gasteiger partial charge in [-0.3, -0.25) is 0 Å². The highest BCUT2D eigenvalue weighted by atomic mass is 32.1. The van der Waals surface area contributed by atoms with Crippen LogP contribution in [0, 0.1) is 5.82 Å². The predicted octanol–water partition coefficient (Wildman–Crippen LogP) is 4.78. The monoisotopic (exact) mass is 243 g/mol. The summed E-state index contributed by atoms with van der Waals surface area (Å²) in [4.78, 5) is 0. The highest BCUT2D eigenvalue weighted by Gasteiger charge is 2.01. The lowest BCUT2D eigenvalue weighted by molar-refractivity contribution is 0.628. The molecular formula is C14H10FNS. The normalized spacial score (nSPS) is 10.6. The molecule has 0 unspecified atom stereocenters. The molecule has 0 saturated carbocycles. The molecule has 0 amide bonds. The first kappa shape index (κ1) is 10.3. The van der Waals surface area contributed by atoms with Gasteiger partial charge in [0, 0.05) is 21.5 Å².